The number of hydrogen-bond acceptors (Lipinski definition) is 8. The van der Waals surface area contributed by atoms with Crippen molar-refractivity contribution in [3.63, 3.8) is 0 Å². The highest BCUT2D eigenvalue weighted by molar-refractivity contribution is 5.80. The maximum absolute atomic E-state index is 13.3. The van der Waals surface area contributed by atoms with Gasteiger partial charge < -0.3 is 18.9 Å². The molecule has 5 aliphatic carbocycles. The van der Waals surface area contributed by atoms with Gasteiger partial charge in [-0.05, 0) is 82.7 Å². The molecule has 0 amide bonds. The fourth-order valence-electron chi connectivity index (χ4n) is 7.29. The minimum atomic E-state index is -0.850. The van der Waals surface area contributed by atoms with Gasteiger partial charge in [0, 0.05) is 12.0 Å². The molecular weight excluding hydrogens is 474 g/mol. The van der Waals surface area contributed by atoms with Crippen molar-refractivity contribution in [2.24, 2.45) is 17.8 Å². The molecule has 3 saturated carbocycles. The van der Waals surface area contributed by atoms with E-state index >= 15 is 0 Å². The highest BCUT2D eigenvalue weighted by atomic mass is 16.6. The van der Waals surface area contributed by atoms with Crippen molar-refractivity contribution in [1.29, 1.82) is 0 Å². The summed E-state index contributed by atoms with van der Waals surface area (Å²) in [6, 6.07) is 3.83. The molecule has 1 saturated heterocycles. The first kappa shape index (κ1) is 22.1. The number of ether oxygens (including phenoxy) is 4. The van der Waals surface area contributed by atoms with E-state index in [0.29, 0.717) is 36.5 Å². The molecule has 1 spiro atoms. The fraction of sp³-hybridized carbons (Fsp3) is 0.621. The van der Waals surface area contributed by atoms with Crippen molar-refractivity contribution in [3.8, 4) is 11.5 Å². The van der Waals surface area contributed by atoms with Gasteiger partial charge in [0.15, 0.2) is 17.6 Å². The number of likely N-dealkylation sites (tertiary alicyclic amines) is 1. The van der Waals surface area contributed by atoms with Crippen molar-refractivity contribution < 1.29 is 33.3 Å². The number of rotatable bonds is 6. The molecule has 8 nitrogen and oxygen atoms in total. The summed E-state index contributed by atoms with van der Waals surface area (Å²) in [4.78, 5) is 41.0. The lowest BCUT2D eigenvalue weighted by atomic mass is 9.50. The average Bonchev–Trinajstić information content (AvgIpc) is 3.74. The monoisotopic (exact) mass is 505 g/mol. The van der Waals surface area contributed by atoms with Gasteiger partial charge in [-0.15, -0.1) is 0 Å². The van der Waals surface area contributed by atoms with Crippen molar-refractivity contribution in [1.82, 2.24) is 4.90 Å². The second-order valence-electron chi connectivity index (χ2n) is 12.1. The Morgan fingerprint density at radius 2 is 1.62 bits per heavy atom. The summed E-state index contributed by atoms with van der Waals surface area (Å²) in [6.07, 6.45) is 8.28. The molecule has 0 aromatic heterocycles. The molecule has 2 heterocycles. The van der Waals surface area contributed by atoms with Crippen LogP contribution in [-0.4, -0.2) is 54.1 Å². The first-order chi connectivity index (χ1) is 17.9. The molecule has 4 atom stereocenters. The highest BCUT2D eigenvalue weighted by Crippen LogP contribution is 2.67. The normalized spacial score (nSPS) is 35.1. The zero-order valence-corrected chi connectivity index (χ0v) is 21.0. The molecule has 0 N–H and O–H groups in total. The summed E-state index contributed by atoms with van der Waals surface area (Å²) < 4.78 is 25.2. The van der Waals surface area contributed by atoms with Crippen molar-refractivity contribution in [2.45, 2.75) is 80.9 Å². The molecule has 7 aliphatic rings. The summed E-state index contributed by atoms with van der Waals surface area (Å²) in [5.74, 6) is 0.726. The molecule has 4 fully saturated rings. The molecule has 1 aromatic rings. The number of hydrogen-bond donors (Lipinski definition) is 0. The third-order valence-electron chi connectivity index (χ3n) is 9.74. The molecule has 8 heteroatoms. The number of nitrogens with zero attached hydrogens (tertiary/aromatic N) is 1. The maximum atomic E-state index is 13.3. The van der Waals surface area contributed by atoms with E-state index in [4.69, 9.17) is 18.9 Å². The standard InChI is InChI=1S/C29H31NO7/c1-30-13-12-28-22-18-8-9-19(34-25(31)15-2-3-15)23(22)36-24(28)20(35-26(32)16-4-5-16)10-11-29(28,21(30)14-18)37-27(33)17-6-7-17/h8-10,15-17,21,24H,2-7,11-14H2,1H3/t21-,24+,28?,29-/m1/s1. The minimum absolute atomic E-state index is 0.0368. The van der Waals surface area contributed by atoms with E-state index in [-0.39, 0.29) is 41.7 Å². The van der Waals surface area contributed by atoms with Crippen LogP contribution in [-0.2, 0) is 35.7 Å². The SMILES string of the molecule is CN1CCC23c4c5ccc(OC(=O)C6CC6)c4O[C@H]2C(OC(=O)C2CC2)=CC[C@@]3(OC(=O)C2CC2)[C@H]1C5. The lowest BCUT2D eigenvalue weighted by Gasteiger charge is -2.62. The van der Waals surface area contributed by atoms with Gasteiger partial charge in [-0.1, -0.05) is 6.07 Å². The number of esters is 3. The topological polar surface area (TPSA) is 91.4 Å². The Bertz CT molecular complexity index is 1280. The summed E-state index contributed by atoms with van der Waals surface area (Å²) >= 11 is 0. The van der Waals surface area contributed by atoms with Gasteiger partial charge in [-0.2, -0.15) is 0 Å². The molecule has 194 valence electrons. The van der Waals surface area contributed by atoms with Crippen LogP contribution in [0, 0.1) is 17.8 Å². The predicted octanol–water partition coefficient (Wildman–Crippen LogP) is 3.19. The Labute approximate surface area is 215 Å². The van der Waals surface area contributed by atoms with Gasteiger partial charge in [0.05, 0.1) is 29.2 Å². The van der Waals surface area contributed by atoms with Crippen LogP contribution in [0.2, 0.25) is 0 Å². The van der Waals surface area contributed by atoms with Crippen LogP contribution >= 0.6 is 0 Å². The minimum Gasteiger partial charge on any atom is -0.477 e. The molecule has 37 heavy (non-hydrogen) atoms. The van der Waals surface area contributed by atoms with Crippen LogP contribution in [0.15, 0.2) is 24.0 Å². The number of likely N-dealkylation sites (N-methyl/N-ethyl adjacent to an activating group) is 1. The second kappa shape index (κ2) is 7.37. The summed E-state index contributed by atoms with van der Waals surface area (Å²) in [7, 11) is 2.10. The van der Waals surface area contributed by atoms with Gasteiger partial charge in [0.25, 0.3) is 0 Å². The van der Waals surface area contributed by atoms with E-state index in [1.807, 2.05) is 18.2 Å². The highest BCUT2D eigenvalue weighted by Gasteiger charge is 2.75. The Balaban J connectivity index is 1.30. The molecule has 2 aliphatic heterocycles. The zero-order chi connectivity index (χ0) is 25.1. The zero-order valence-electron chi connectivity index (χ0n) is 21.0. The molecule has 2 bridgehead atoms. The van der Waals surface area contributed by atoms with Crippen LogP contribution in [0.4, 0.5) is 0 Å². The smallest absolute Gasteiger partial charge is 0.314 e. The maximum Gasteiger partial charge on any atom is 0.314 e. The van der Waals surface area contributed by atoms with Gasteiger partial charge in [0.1, 0.15) is 11.4 Å². The third-order valence-corrected chi connectivity index (χ3v) is 9.74. The molecule has 1 aromatic carbocycles. The molecule has 0 radical (unpaired) electrons. The molecular formula is C29H31NO7. The Kier molecular flexibility index (Phi) is 4.41. The van der Waals surface area contributed by atoms with Crippen molar-refractivity contribution in [3.05, 3.63) is 35.1 Å². The van der Waals surface area contributed by atoms with Crippen LogP contribution < -0.4 is 9.47 Å². The first-order valence-corrected chi connectivity index (χ1v) is 13.8. The van der Waals surface area contributed by atoms with E-state index < -0.39 is 17.1 Å². The van der Waals surface area contributed by atoms with Crippen molar-refractivity contribution in [2.75, 3.05) is 13.6 Å². The lowest BCUT2D eigenvalue weighted by molar-refractivity contribution is -0.207. The second-order valence-corrected chi connectivity index (χ2v) is 12.1. The first-order valence-electron chi connectivity index (χ1n) is 13.8. The van der Waals surface area contributed by atoms with Gasteiger partial charge in [0.2, 0.25) is 0 Å². The van der Waals surface area contributed by atoms with E-state index in [0.717, 1.165) is 56.2 Å². The average molecular weight is 506 g/mol. The van der Waals surface area contributed by atoms with Gasteiger partial charge >= 0.3 is 17.9 Å². The third kappa shape index (κ3) is 3.02. The van der Waals surface area contributed by atoms with Crippen LogP contribution in [0.25, 0.3) is 0 Å². The summed E-state index contributed by atoms with van der Waals surface area (Å²) in [5, 5.41) is 0. The fourth-order valence-corrected chi connectivity index (χ4v) is 7.29. The van der Waals surface area contributed by atoms with E-state index in [9.17, 15) is 14.4 Å². The van der Waals surface area contributed by atoms with Crippen LogP contribution in [0.3, 0.4) is 0 Å². The van der Waals surface area contributed by atoms with Gasteiger partial charge in [-0.3, -0.25) is 19.3 Å². The Morgan fingerprint density at radius 1 is 0.946 bits per heavy atom. The number of benzene rings is 1. The van der Waals surface area contributed by atoms with E-state index in [1.165, 1.54) is 0 Å². The van der Waals surface area contributed by atoms with Gasteiger partial charge in [-0.25, -0.2) is 0 Å². The quantitative estimate of drug-likeness (QED) is 0.430. The van der Waals surface area contributed by atoms with Crippen molar-refractivity contribution >= 4 is 17.9 Å². The predicted molar refractivity (Wildman–Crippen MR) is 129 cm³/mol. The van der Waals surface area contributed by atoms with Crippen LogP contribution in [0.5, 0.6) is 11.5 Å². The lowest BCUT2D eigenvalue weighted by Crippen LogP contribution is -2.75. The Morgan fingerprint density at radius 3 is 2.32 bits per heavy atom. The van der Waals surface area contributed by atoms with E-state index in [2.05, 4.69) is 11.9 Å². The Hall–Kier alpha value is -2.87. The number of carbonyl (C=O) groups excluding carboxylic acids is 3. The van der Waals surface area contributed by atoms with E-state index in [1.54, 1.807) is 0 Å². The largest absolute Gasteiger partial charge is 0.477 e. The summed E-state index contributed by atoms with van der Waals surface area (Å²) in [5.41, 5.74) is 0.526. The number of carbonyl (C=O) groups is 3. The summed E-state index contributed by atoms with van der Waals surface area (Å²) in [6.45, 7) is 0.794. The van der Waals surface area contributed by atoms with Crippen LogP contribution in [0.1, 0.15) is 62.5 Å². The number of piperidine rings is 1. The molecule has 8 rings (SSSR count). The molecule has 1 unspecified atom stereocenters.